The number of nitriles is 1. The lowest BCUT2D eigenvalue weighted by molar-refractivity contribution is -0.138. The van der Waals surface area contributed by atoms with E-state index in [0.29, 0.717) is 11.0 Å². The average molecular weight is 551 g/mol. The Morgan fingerprint density at radius 1 is 1.00 bits per heavy atom. The molecule has 2 aromatic carbocycles. The number of alkyl halides is 6. The molecule has 3 amide bonds. The van der Waals surface area contributed by atoms with Crippen molar-refractivity contribution in [3.63, 3.8) is 0 Å². The Balaban J connectivity index is 1.43. The number of hydrogen-bond donors (Lipinski definition) is 1. The van der Waals surface area contributed by atoms with Crippen LogP contribution >= 0.6 is 0 Å². The van der Waals surface area contributed by atoms with Crippen molar-refractivity contribution in [3.8, 4) is 6.07 Å². The second kappa shape index (κ2) is 8.29. The van der Waals surface area contributed by atoms with E-state index < -0.39 is 75.8 Å². The number of benzene rings is 2. The van der Waals surface area contributed by atoms with E-state index in [9.17, 15) is 40.7 Å². The number of anilines is 1. The molecule has 0 spiro atoms. The number of nitrogens with one attached hydrogen (secondary N) is 1. The van der Waals surface area contributed by atoms with E-state index in [1.165, 1.54) is 13.0 Å². The number of imide groups is 1. The van der Waals surface area contributed by atoms with Gasteiger partial charge in [0.15, 0.2) is 0 Å². The zero-order chi connectivity index (χ0) is 28.7. The molecule has 3 heterocycles. The molecule has 1 N–H and O–H groups in total. The highest BCUT2D eigenvalue weighted by Crippen LogP contribution is 2.61. The van der Waals surface area contributed by atoms with Gasteiger partial charge >= 0.3 is 12.4 Å². The average Bonchev–Trinajstić information content (AvgIpc) is 3.37. The van der Waals surface area contributed by atoms with Gasteiger partial charge in [-0.2, -0.15) is 31.6 Å². The van der Waals surface area contributed by atoms with Gasteiger partial charge in [0.1, 0.15) is 0 Å². The van der Waals surface area contributed by atoms with Crippen molar-refractivity contribution >= 4 is 23.4 Å². The third-order valence-corrected chi connectivity index (χ3v) is 7.80. The van der Waals surface area contributed by atoms with E-state index in [4.69, 9.17) is 10.00 Å². The van der Waals surface area contributed by atoms with Crippen LogP contribution in [0.4, 0.5) is 32.0 Å². The van der Waals surface area contributed by atoms with Crippen LogP contribution in [0, 0.1) is 23.2 Å². The number of carbonyl (C=O) groups excluding carboxylic acids is 3. The van der Waals surface area contributed by atoms with Crippen molar-refractivity contribution in [2.24, 2.45) is 11.8 Å². The second-order valence-electron chi connectivity index (χ2n) is 10.2. The van der Waals surface area contributed by atoms with Crippen LogP contribution in [0.2, 0.25) is 0 Å². The molecule has 0 saturated carbocycles. The normalized spacial score (nSPS) is 29.9. The molecule has 5 rings (SSSR count). The molecular weight excluding hydrogens is 532 g/mol. The molecule has 0 aromatic heterocycles. The lowest BCUT2D eigenvalue weighted by Gasteiger charge is -2.35. The van der Waals surface area contributed by atoms with Crippen LogP contribution in [-0.2, 0) is 26.7 Å². The lowest BCUT2D eigenvalue weighted by atomic mass is 9.66. The predicted molar refractivity (Wildman–Crippen MR) is 121 cm³/mol. The lowest BCUT2D eigenvalue weighted by Crippen LogP contribution is -2.56. The van der Waals surface area contributed by atoms with Crippen molar-refractivity contribution in [2.75, 3.05) is 4.90 Å². The molecule has 3 aliphatic rings. The van der Waals surface area contributed by atoms with Gasteiger partial charge in [0.05, 0.1) is 57.5 Å². The highest BCUT2D eigenvalue weighted by atomic mass is 19.4. The van der Waals surface area contributed by atoms with E-state index in [1.54, 1.807) is 6.92 Å². The number of fused-ring (bicyclic) bond motifs is 5. The fraction of sp³-hybridized carbons (Fsp3) is 0.385. The third kappa shape index (κ3) is 3.96. The monoisotopic (exact) mass is 551 g/mol. The topological polar surface area (TPSA) is 99.5 Å². The summed E-state index contributed by atoms with van der Waals surface area (Å²) in [6, 6.07) is 6.69. The molecule has 13 heteroatoms. The van der Waals surface area contributed by atoms with Gasteiger partial charge in [0, 0.05) is 12.0 Å². The number of halogens is 6. The summed E-state index contributed by atoms with van der Waals surface area (Å²) in [4.78, 5) is 40.5. The maximum Gasteiger partial charge on any atom is 0.417 e. The highest BCUT2D eigenvalue weighted by molar-refractivity contribution is 6.23. The summed E-state index contributed by atoms with van der Waals surface area (Å²) in [6.45, 7) is 3.07. The maximum atomic E-state index is 13.5. The molecule has 3 saturated heterocycles. The Morgan fingerprint density at radius 2 is 1.62 bits per heavy atom. The zero-order valence-corrected chi connectivity index (χ0v) is 20.3. The Labute approximate surface area is 217 Å². The Bertz CT molecular complexity index is 1450. The van der Waals surface area contributed by atoms with Crippen LogP contribution in [0.15, 0.2) is 42.5 Å². The Kier molecular flexibility index (Phi) is 5.67. The van der Waals surface area contributed by atoms with E-state index in [-0.39, 0.29) is 17.7 Å². The summed E-state index contributed by atoms with van der Waals surface area (Å²) in [5.41, 5.74) is -5.99. The number of rotatable bonds is 3. The smallest absolute Gasteiger partial charge is 0.365 e. The highest BCUT2D eigenvalue weighted by Gasteiger charge is 2.76. The SMILES string of the molecule is CC12C[C@@H](NC(=O)c3ccc(C(F)(F)F)cc3)C(C)(O1)[C@@H]1C(=O)N(c3ccc(C#N)c(C(F)(F)F)c3)C(=O)[C@@H]12. The van der Waals surface area contributed by atoms with Gasteiger partial charge in [-0.1, -0.05) is 0 Å². The van der Waals surface area contributed by atoms with Crippen LogP contribution in [0.25, 0.3) is 0 Å². The molecule has 5 atom stereocenters. The Morgan fingerprint density at radius 3 is 2.18 bits per heavy atom. The van der Waals surface area contributed by atoms with Crippen LogP contribution in [0.1, 0.15) is 47.3 Å². The summed E-state index contributed by atoms with van der Waals surface area (Å²) in [6.07, 6.45) is -9.41. The summed E-state index contributed by atoms with van der Waals surface area (Å²) in [5, 5.41) is 11.7. The van der Waals surface area contributed by atoms with E-state index in [0.717, 1.165) is 36.4 Å². The summed E-state index contributed by atoms with van der Waals surface area (Å²) >= 11 is 0. The number of ether oxygens (including phenoxy) is 1. The van der Waals surface area contributed by atoms with E-state index in [1.807, 2.05) is 0 Å². The van der Waals surface area contributed by atoms with Gasteiger partial charge in [0.2, 0.25) is 11.8 Å². The Hall–Kier alpha value is -3.92. The van der Waals surface area contributed by atoms with Crippen LogP contribution < -0.4 is 10.2 Å². The molecule has 2 aromatic rings. The minimum absolute atomic E-state index is 0.0659. The molecule has 0 aliphatic carbocycles. The molecule has 204 valence electrons. The molecule has 2 unspecified atom stereocenters. The predicted octanol–water partition coefficient (Wildman–Crippen LogP) is 4.45. The van der Waals surface area contributed by atoms with Crippen molar-refractivity contribution in [1.82, 2.24) is 5.32 Å². The van der Waals surface area contributed by atoms with Gasteiger partial charge in [-0.3, -0.25) is 14.4 Å². The second-order valence-corrected chi connectivity index (χ2v) is 10.2. The number of carbonyl (C=O) groups is 3. The summed E-state index contributed by atoms with van der Waals surface area (Å²) in [7, 11) is 0. The van der Waals surface area contributed by atoms with Gasteiger partial charge in [-0.25, -0.2) is 4.90 Å². The minimum Gasteiger partial charge on any atom is -0.365 e. The first-order chi connectivity index (χ1) is 18.0. The molecule has 3 aliphatic heterocycles. The van der Waals surface area contributed by atoms with Crippen LogP contribution in [0.3, 0.4) is 0 Å². The van der Waals surface area contributed by atoms with E-state index in [2.05, 4.69) is 5.32 Å². The first kappa shape index (κ1) is 26.7. The number of amides is 3. The fourth-order valence-electron chi connectivity index (χ4n) is 6.06. The van der Waals surface area contributed by atoms with Gasteiger partial charge < -0.3 is 10.1 Å². The minimum atomic E-state index is -4.91. The van der Waals surface area contributed by atoms with Crippen molar-refractivity contribution in [2.45, 2.75) is 49.9 Å². The first-order valence-corrected chi connectivity index (χ1v) is 11.7. The number of hydrogen-bond acceptors (Lipinski definition) is 5. The largest absolute Gasteiger partial charge is 0.417 e. The van der Waals surface area contributed by atoms with Gasteiger partial charge in [-0.05, 0) is 56.3 Å². The van der Waals surface area contributed by atoms with Crippen molar-refractivity contribution < 1.29 is 45.5 Å². The molecular formula is C26H19F6N3O4. The quantitative estimate of drug-likeness (QED) is 0.449. The van der Waals surface area contributed by atoms with Crippen molar-refractivity contribution in [1.29, 1.82) is 5.26 Å². The number of nitrogens with zero attached hydrogens (tertiary/aromatic N) is 2. The third-order valence-electron chi connectivity index (χ3n) is 7.80. The van der Waals surface area contributed by atoms with Crippen LogP contribution in [0.5, 0.6) is 0 Å². The first-order valence-electron chi connectivity index (χ1n) is 11.7. The van der Waals surface area contributed by atoms with Crippen molar-refractivity contribution in [3.05, 3.63) is 64.7 Å². The van der Waals surface area contributed by atoms with Crippen LogP contribution in [-0.4, -0.2) is 35.0 Å². The van der Waals surface area contributed by atoms with Gasteiger partial charge in [0.25, 0.3) is 5.91 Å². The standard InChI is InChI=1S/C26H19F6N3O4/c1-23-10-17(34-20(36)12-3-6-14(7-4-12)25(27,28)29)24(2,39-23)19-18(23)21(37)35(22(19)38)15-8-5-13(11-33)16(9-15)26(30,31)32/h3-9,17-19H,10H2,1-2H3,(H,34,36)/t17-,18-,19+,23?,24?/m1/s1. The van der Waals surface area contributed by atoms with E-state index >= 15 is 0 Å². The maximum absolute atomic E-state index is 13.5. The molecule has 2 bridgehead atoms. The summed E-state index contributed by atoms with van der Waals surface area (Å²) in [5.74, 6) is -4.49. The van der Waals surface area contributed by atoms with Gasteiger partial charge in [-0.15, -0.1) is 0 Å². The molecule has 3 fully saturated rings. The molecule has 0 radical (unpaired) electrons. The molecule has 39 heavy (non-hydrogen) atoms. The zero-order valence-electron chi connectivity index (χ0n) is 20.3. The fourth-order valence-corrected chi connectivity index (χ4v) is 6.06. The summed E-state index contributed by atoms with van der Waals surface area (Å²) < 4.78 is 85.2. The molecule has 7 nitrogen and oxygen atoms in total.